The summed E-state index contributed by atoms with van der Waals surface area (Å²) in [5, 5.41) is 6.40. The molecule has 116 valence electrons. The molecule has 21 heavy (non-hydrogen) atoms. The van der Waals surface area contributed by atoms with Crippen LogP contribution in [0.15, 0.2) is 30.3 Å². The van der Waals surface area contributed by atoms with E-state index in [1.165, 1.54) is 18.5 Å². The number of hydrogen-bond acceptors (Lipinski definition) is 3. The van der Waals surface area contributed by atoms with Gasteiger partial charge in [0.15, 0.2) is 0 Å². The minimum absolute atomic E-state index is 0.200. The number of hydrogen-bond donors (Lipinski definition) is 2. The molecule has 1 fully saturated rings. The standard InChI is InChI=1S/C17H27N3O/c1-20(16-8-3-2-4-9-16)12-6-11-19-17(21)13-15-7-5-10-18-14-15/h2-4,8-9,15,18H,5-7,10-14H2,1H3,(H,19,21). The third-order valence-corrected chi connectivity index (χ3v) is 4.06. The van der Waals surface area contributed by atoms with Crippen molar-refractivity contribution in [2.24, 2.45) is 5.92 Å². The molecule has 0 aromatic heterocycles. The Bertz CT molecular complexity index is 415. The molecular weight excluding hydrogens is 262 g/mol. The van der Waals surface area contributed by atoms with Gasteiger partial charge in [-0.25, -0.2) is 0 Å². The smallest absolute Gasteiger partial charge is 0.220 e. The monoisotopic (exact) mass is 289 g/mol. The lowest BCUT2D eigenvalue weighted by atomic mass is 9.96. The summed E-state index contributed by atoms with van der Waals surface area (Å²) >= 11 is 0. The molecule has 0 saturated carbocycles. The predicted octanol–water partition coefficient (Wildman–Crippen LogP) is 2.02. The number of nitrogens with zero attached hydrogens (tertiary/aromatic N) is 1. The zero-order chi connectivity index (χ0) is 14.9. The Morgan fingerprint density at radius 1 is 1.38 bits per heavy atom. The first kappa shape index (κ1) is 15.8. The van der Waals surface area contributed by atoms with Crippen LogP contribution >= 0.6 is 0 Å². The third kappa shape index (κ3) is 5.76. The van der Waals surface area contributed by atoms with Gasteiger partial charge in [-0.1, -0.05) is 18.2 Å². The molecule has 4 nitrogen and oxygen atoms in total. The highest BCUT2D eigenvalue weighted by Crippen LogP contribution is 2.13. The fourth-order valence-corrected chi connectivity index (χ4v) is 2.79. The van der Waals surface area contributed by atoms with Gasteiger partial charge in [-0.3, -0.25) is 4.79 Å². The highest BCUT2D eigenvalue weighted by atomic mass is 16.1. The van der Waals surface area contributed by atoms with Crippen LogP contribution in [-0.2, 0) is 4.79 Å². The molecule has 4 heteroatoms. The maximum Gasteiger partial charge on any atom is 0.220 e. The minimum atomic E-state index is 0.200. The van der Waals surface area contributed by atoms with E-state index in [1.54, 1.807) is 0 Å². The summed E-state index contributed by atoms with van der Waals surface area (Å²) in [6, 6.07) is 10.3. The van der Waals surface area contributed by atoms with Crippen LogP contribution in [0.4, 0.5) is 5.69 Å². The van der Waals surface area contributed by atoms with Gasteiger partial charge >= 0.3 is 0 Å². The zero-order valence-corrected chi connectivity index (χ0v) is 13.0. The zero-order valence-electron chi connectivity index (χ0n) is 13.0. The number of anilines is 1. The van der Waals surface area contributed by atoms with Gasteiger partial charge in [0.05, 0.1) is 0 Å². The van der Waals surface area contributed by atoms with Gasteiger partial charge in [-0.2, -0.15) is 0 Å². The molecule has 1 unspecified atom stereocenters. The average molecular weight is 289 g/mol. The molecule has 0 radical (unpaired) electrons. The Balaban J connectivity index is 1.57. The second-order valence-corrected chi connectivity index (χ2v) is 5.88. The number of nitrogens with one attached hydrogen (secondary N) is 2. The van der Waals surface area contributed by atoms with E-state index in [4.69, 9.17) is 0 Å². The van der Waals surface area contributed by atoms with E-state index < -0.39 is 0 Å². The Labute approximate surface area is 127 Å². The van der Waals surface area contributed by atoms with Gasteiger partial charge in [-0.15, -0.1) is 0 Å². The number of carbonyl (C=O) groups excluding carboxylic acids is 1. The molecule has 1 aliphatic heterocycles. The largest absolute Gasteiger partial charge is 0.375 e. The molecule has 2 rings (SSSR count). The van der Waals surface area contributed by atoms with Crippen molar-refractivity contribution in [3.8, 4) is 0 Å². The lowest BCUT2D eigenvalue weighted by Gasteiger charge is -2.22. The number of amides is 1. The number of para-hydroxylation sites is 1. The summed E-state index contributed by atoms with van der Waals surface area (Å²) in [6.07, 6.45) is 4.01. The molecule has 1 aromatic rings. The summed E-state index contributed by atoms with van der Waals surface area (Å²) in [4.78, 5) is 14.1. The topological polar surface area (TPSA) is 44.4 Å². The number of carbonyl (C=O) groups is 1. The van der Waals surface area contributed by atoms with E-state index in [2.05, 4.69) is 34.7 Å². The van der Waals surface area contributed by atoms with Crippen LogP contribution in [0.5, 0.6) is 0 Å². The second-order valence-electron chi connectivity index (χ2n) is 5.88. The SMILES string of the molecule is CN(CCCNC(=O)CC1CCCNC1)c1ccccc1. The van der Waals surface area contributed by atoms with Crippen molar-refractivity contribution < 1.29 is 4.79 Å². The molecule has 1 saturated heterocycles. The van der Waals surface area contributed by atoms with Gasteiger partial charge in [-0.05, 0) is 50.4 Å². The number of rotatable bonds is 7. The average Bonchev–Trinajstić information content (AvgIpc) is 2.53. The molecule has 1 amide bonds. The first-order valence-electron chi connectivity index (χ1n) is 7.99. The quantitative estimate of drug-likeness (QED) is 0.755. The van der Waals surface area contributed by atoms with Crippen LogP contribution in [-0.4, -0.2) is 39.1 Å². The fourth-order valence-electron chi connectivity index (χ4n) is 2.79. The summed E-state index contributed by atoms with van der Waals surface area (Å²) in [6.45, 7) is 3.81. The minimum Gasteiger partial charge on any atom is -0.375 e. The van der Waals surface area contributed by atoms with Crippen molar-refractivity contribution in [2.75, 3.05) is 38.1 Å². The van der Waals surface area contributed by atoms with E-state index in [-0.39, 0.29) is 5.91 Å². The molecule has 1 aliphatic rings. The normalized spacial score (nSPS) is 18.2. The fraction of sp³-hybridized carbons (Fsp3) is 0.588. The summed E-state index contributed by atoms with van der Waals surface area (Å²) < 4.78 is 0. The third-order valence-electron chi connectivity index (χ3n) is 4.06. The Morgan fingerprint density at radius 3 is 2.90 bits per heavy atom. The van der Waals surface area contributed by atoms with E-state index >= 15 is 0 Å². The molecule has 0 spiro atoms. The molecule has 0 aliphatic carbocycles. The summed E-state index contributed by atoms with van der Waals surface area (Å²) in [5.41, 5.74) is 1.22. The molecule has 1 heterocycles. The van der Waals surface area contributed by atoms with Crippen LogP contribution in [0.2, 0.25) is 0 Å². The molecule has 1 aromatic carbocycles. The van der Waals surface area contributed by atoms with E-state index in [9.17, 15) is 4.79 Å². The van der Waals surface area contributed by atoms with Gasteiger partial charge in [0.25, 0.3) is 0 Å². The van der Waals surface area contributed by atoms with Crippen LogP contribution in [0.3, 0.4) is 0 Å². The highest BCUT2D eigenvalue weighted by molar-refractivity contribution is 5.76. The van der Waals surface area contributed by atoms with Crippen molar-refractivity contribution in [2.45, 2.75) is 25.7 Å². The first-order chi connectivity index (χ1) is 10.3. The van der Waals surface area contributed by atoms with Crippen molar-refractivity contribution in [1.82, 2.24) is 10.6 Å². The van der Waals surface area contributed by atoms with Crippen molar-refractivity contribution in [3.05, 3.63) is 30.3 Å². The van der Waals surface area contributed by atoms with E-state index in [0.29, 0.717) is 12.3 Å². The molecule has 1 atom stereocenters. The molecule has 0 bridgehead atoms. The van der Waals surface area contributed by atoms with Crippen LogP contribution in [0, 0.1) is 5.92 Å². The Morgan fingerprint density at radius 2 is 2.19 bits per heavy atom. The lowest BCUT2D eigenvalue weighted by molar-refractivity contribution is -0.122. The van der Waals surface area contributed by atoms with E-state index in [0.717, 1.165) is 32.6 Å². The summed E-state index contributed by atoms with van der Waals surface area (Å²) in [7, 11) is 2.09. The van der Waals surface area contributed by atoms with Gasteiger partial charge < -0.3 is 15.5 Å². The Hall–Kier alpha value is -1.55. The van der Waals surface area contributed by atoms with Crippen LogP contribution in [0.1, 0.15) is 25.7 Å². The lowest BCUT2D eigenvalue weighted by Crippen LogP contribution is -2.35. The maximum atomic E-state index is 11.9. The van der Waals surface area contributed by atoms with Gasteiger partial charge in [0.1, 0.15) is 0 Å². The number of benzene rings is 1. The van der Waals surface area contributed by atoms with Gasteiger partial charge in [0, 0.05) is 32.2 Å². The Kier molecular flexibility index (Phi) is 6.54. The van der Waals surface area contributed by atoms with Crippen LogP contribution in [0.25, 0.3) is 0 Å². The van der Waals surface area contributed by atoms with Crippen LogP contribution < -0.4 is 15.5 Å². The predicted molar refractivity (Wildman–Crippen MR) is 87.5 cm³/mol. The highest BCUT2D eigenvalue weighted by Gasteiger charge is 2.16. The first-order valence-corrected chi connectivity index (χ1v) is 7.99. The summed E-state index contributed by atoms with van der Waals surface area (Å²) in [5.74, 6) is 0.719. The van der Waals surface area contributed by atoms with Crippen molar-refractivity contribution in [3.63, 3.8) is 0 Å². The van der Waals surface area contributed by atoms with Crippen molar-refractivity contribution in [1.29, 1.82) is 0 Å². The van der Waals surface area contributed by atoms with Gasteiger partial charge in [0.2, 0.25) is 5.91 Å². The van der Waals surface area contributed by atoms with Crippen molar-refractivity contribution >= 4 is 11.6 Å². The number of piperidine rings is 1. The molecular formula is C17H27N3O. The second kappa shape index (κ2) is 8.67. The molecule has 2 N–H and O–H groups in total. The maximum absolute atomic E-state index is 11.9. The van der Waals surface area contributed by atoms with E-state index in [1.807, 2.05) is 18.2 Å².